The van der Waals surface area contributed by atoms with Gasteiger partial charge in [0.2, 0.25) is 11.7 Å². The number of benzene rings is 1. The van der Waals surface area contributed by atoms with Gasteiger partial charge in [-0.3, -0.25) is 0 Å². The maximum atomic E-state index is 5.36. The summed E-state index contributed by atoms with van der Waals surface area (Å²) in [5.41, 5.74) is 0.735. The average Bonchev–Trinajstić information content (AvgIpc) is 2.64. The van der Waals surface area contributed by atoms with E-state index in [0.717, 1.165) is 25.2 Å². The number of nitrogens with zero attached hydrogens (tertiary/aromatic N) is 4. The monoisotopic (exact) mass is 362 g/mol. The molecule has 0 aliphatic carbocycles. The molecule has 0 saturated carbocycles. The van der Waals surface area contributed by atoms with E-state index in [-0.39, 0.29) is 0 Å². The quantitative estimate of drug-likeness (QED) is 0.615. The Balaban J connectivity index is 2.09. The van der Waals surface area contributed by atoms with Crippen LogP contribution in [0.2, 0.25) is 0 Å². The molecule has 0 fully saturated rings. The van der Waals surface area contributed by atoms with Gasteiger partial charge in [0.1, 0.15) is 0 Å². The molecule has 9 nitrogen and oxygen atoms in total. The van der Waals surface area contributed by atoms with Crippen molar-refractivity contribution < 1.29 is 14.2 Å². The van der Waals surface area contributed by atoms with Crippen LogP contribution in [0.25, 0.3) is 0 Å². The lowest BCUT2D eigenvalue weighted by Crippen LogP contribution is -2.17. The maximum absolute atomic E-state index is 5.36. The van der Waals surface area contributed by atoms with Crippen molar-refractivity contribution in [3.8, 4) is 17.2 Å². The molecular formula is C17H26N6O3. The van der Waals surface area contributed by atoms with Crippen molar-refractivity contribution in [2.75, 3.05) is 59.1 Å². The highest BCUT2D eigenvalue weighted by molar-refractivity contribution is 5.66. The lowest BCUT2D eigenvalue weighted by Gasteiger charge is -2.15. The first-order valence-corrected chi connectivity index (χ1v) is 8.22. The molecule has 2 aromatic rings. The van der Waals surface area contributed by atoms with Gasteiger partial charge in [-0.1, -0.05) is 0 Å². The lowest BCUT2D eigenvalue weighted by molar-refractivity contribution is 0.324. The Kier molecular flexibility index (Phi) is 7.22. The molecule has 0 spiro atoms. The minimum Gasteiger partial charge on any atom is -0.493 e. The highest BCUT2D eigenvalue weighted by Crippen LogP contribution is 2.40. The SMILES string of the molecule is COc1cc(Nc2cnnc(NCCCN(C)C)n2)cc(OC)c1OC. The summed E-state index contributed by atoms with van der Waals surface area (Å²) in [5, 5.41) is 14.3. The van der Waals surface area contributed by atoms with Crippen molar-refractivity contribution in [2.24, 2.45) is 0 Å². The number of aromatic nitrogens is 3. The third-order valence-corrected chi connectivity index (χ3v) is 3.56. The molecule has 26 heavy (non-hydrogen) atoms. The summed E-state index contributed by atoms with van der Waals surface area (Å²) in [7, 11) is 8.79. The van der Waals surface area contributed by atoms with Gasteiger partial charge in [0.15, 0.2) is 17.3 Å². The molecule has 0 radical (unpaired) electrons. The summed E-state index contributed by atoms with van der Waals surface area (Å²) in [6.07, 6.45) is 2.54. The molecule has 9 heteroatoms. The first kappa shape index (κ1) is 19.5. The van der Waals surface area contributed by atoms with E-state index in [9.17, 15) is 0 Å². The van der Waals surface area contributed by atoms with Gasteiger partial charge in [-0.2, -0.15) is 10.1 Å². The van der Waals surface area contributed by atoms with E-state index >= 15 is 0 Å². The third-order valence-electron chi connectivity index (χ3n) is 3.56. The van der Waals surface area contributed by atoms with Gasteiger partial charge in [0.25, 0.3) is 0 Å². The molecule has 1 aromatic heterocycles. The van der Waals surface area contributed by atoms with Crippen LogP contribution in [0.15, 0.2) is 18.3 Å². The summed E-state index contributed by atoms with van der Waals surface area (Å²) in [5.74, 6) is 2.67. The van der Waals surface area contributed by atoms with Crippen molar-refractivity contribution in [3.05, 3.63) is 18.3 Å². The van der Waals surface area contributed by atoms with E-state index in [0.29, 0.717) is 29.0 Å². The molecule has 142 valence electrons. The molecule has 1 heterocycles. The summed E-state index contributed by atoms with van der Waals surface area (Å²) in [6, 6.07) is 3.60. The van der Waals surface area contributed by atoms with Crippen molar-refractivity contribution in [3.63, 3.8) is 0 Å². The van der Waals surface area contributed by atoms with E-state index in [1.807, 2.05) is 14.1 Å². The summed E-state index contributed by atoms with van der Waals surface area (Å²) in [4.78, 5) is 6.54. The van der Waals surface area contributed by atoms with E-state index in [2.05, 4.69) is 30.7 Å². The second-order valence-corrected chi connectivity index (χ2v) is 5.79. The zero-order chi connectivity index (χ0) is 18.9. The predicted molar refractivity (Wildman–Crippen MR) is 101 cm³/mol. The lowest BCUT2D eigenvalue weighted by atomic mass is 10.2. The first-order valence-electron chi connectivity index (χ1n) is 8.22. The Morgan fingerprint density at radius 2 is 1.73 bits per heavy atom. The van der Waals surface area contributed by atoms with Gasteiger partial charge in [0, 0.05) is 24.4 Å². The molecule has 0 saturated heterocycles. The fourth-order valence-corrected chi connectivity index (χ4v) is 2.34. The largest absolute Gasteiger partial charge is 0.493 e. The van der Waals surface area contributed by atoms with Gasteiger partial charge in [-0.05, 0) is 27.1 Å². The maximum Gasteiger partial charge on any atom is 0.244 e. The van der Waals surface area contributed by atoms with E-state index in [1.54, 1.807) is 39.7 Å². The van der Waals surface area contributed by atoms with Crippen molar-refractivity contribution in [1.29, 1.82) is 0 Å². The molecule has 1 aromatic carbocycles. The Morgan fingerprint density at radius 1 is 1.04 bits per heavy atom. The zero-order valence-electron chi connectivity index (χ0n) is 15.9. The van der Waals surface area contributed by atoms with Crippen LogP contribution in [0, 0.1) is 0 Å². The van der Waals surface area contributed by atoms with Crippen molar-refractivity contribution in [2.45, 2.75) is 6.42 Å². The van der Waals surface area contributed by atoms with Gasteiger partial charge < -0.3 is 29.7 Å². The molecule has 0 amide bonds. The molecule has 2 N–H and O–H groups in total. The molecular weight excluding hydrogens is 336 g/mol. The fraction of sp³-hybridized carbons (Fsp3) is 0.471. The second-order valence-electron chi connectivity index (χ2n) is 5.79. The molecule has 0 unspecified atom stereocenters. The van der Waals surface area contributed by atoms with Crippen LogP contribution in [0.4, 0.5) is 17.5 Å². The Hall–Kier alpha value is -2.81. The minimum atomic E-state index is 0.473. The highest BCUT2D eigenvalue weighted by atomic mass is 16.5. The number of hydrogen-bond donors (Lipinski definition) is 2. The smallest absolute Gasteiger partial charge is 0.244 e. The van der Waals surface area contributed by atoms with Gasteiger partial charge >= 0.3 is 0 Å². The number of hydrogen-bond acceptors (Lipinski definition) is 9. The number of rotatable bonds is 10. The van der Waals surface area contributed by atoms with Gasteiger partial charge in [0.05, 0.1) is 27.5 Å². The standard InChI is InChI=1S/C17H26N6O3/c1-23(2)8-6-7-18-17-21-15(11-19-22-17)20-12-9-13(24-3)16(26-5)14(10-12)25-4/h9-11H,6-8H2,1-5H3,(H2,18,20,21,22). The van der Waals surface area contributed by atoms with Crippen LogP contribution in [0.3, 0.4) is 0 Å². The van der Waals surface area contributed by atoms with Crippen LogP contribution in [0.5, 0.6) is 17.2 Å². The molecule has 0 atom stereocenters. The number of nitrogens with one attached hydrogen (secondary N) is 2. The topological polar surface area (TPSA) is 93.7 Å². The Morgan fingerprint density at radius 3 is 2.31 bits per heavy atom. The zero-order valence-corrected chi connectivity index (χ0v) is 15.9. The molecule has 0 aliphatic rings. The molecule has 2 rings (SSSR count). The first-order chi connectivity index (χ1) is 12.6. The summed E-state index contributed by atoms with van der Waals surface area (Å²) < 4.78 is 16.0. The number of anilines is 3. The van der Waals surface area contributed by atoms with Crippen LogP contribution in [-0.4, -0.2) is 68.6 Å². The van der Waals surface area contributed by atoms with Gasteiger partial charge in [-0.25, -0.2) is 0 Å². The number of ether oxygens (including phenoxy) is 3. The van der Waals surface area contributed by atoms with Crippen LogP contribution < -0.4 is 24.8 Å². The predicted octanol–water partition coefficient (Wildman–Crippen LogP) is 2.00. The van der Waals surface area contributed by atoms with Crippen LogP contribution in [-0.2, 0) is 0 Å². The Labute approximate surface area is 153 Å². The van der Waals surface area contributed by atoms with E-state index in [4.69, 9.17) is 14.2 Å². The highest BCUT2D eigenvalue weighted by Gasteiger charge is 2.13. The van der Waals surface area contributed by atoms with Crippen molar-refractivity contribution >= 4 is 17.5 Å². The normalized spacial score (nSPS) is 10.5. The number of methoxy groups -OCH3 is 3. The minimum absolute atomic E-state index is 0.473. The summed E-state index contributed by atoms with van der Waals surface area (Å²) in [6.45, 7) is 1.76. The van der Waals surface area contributed by atoms with Crippen LogP contribution in [0.1, 0.15) is 6.42 Å². The summed E-state index contributed by atoms with van der Waals surface area (Å²) >= 11 is 0. The van der Waals surface area contributed by atoms with Crippen LogP contribution >= 0.6 is 0 Å². The second kappa shape index (κ2) is 9.62. The third kappa shape index (κ3) is 5.35. The average molecular weight is 362 g/mol. The molecule has 0 aliphatic heterocycles. The van der Waals surface area contributed by atoms with Gasteiger partial charge in [-0.15, -0.1) is 5.10 Å². The van der Waals surface area contributed by atoms with Crippen molar-refractivity contribution in [1.82, 2.24) is 20.1 Å². The Bertz CT molecular complexity index is 686. The molecule has 0 bridgehead atoms. The van der Waals surface area contributed by atoms with E-state index < -0.39 is 0 Å². The van der Waals surface area contributed by atoms with E-state index in [1.165, 1.54) is 0 Å². The fourth-order valence-electron chi connectivity index (χ4n) is 2.34.